The second kappa shape index (κ2) is 4.96. The van der Waals surface area contributed by atoms with E-state index in [-0.39, 0.29) is 12.6 Å². The van der Waals surface area contributed by atoms with Crippen molar-refractivity contribution in [2.24, 2.45) is 0 Å². The van der Waals surface area contributed by atoms with Crippen molar-refractivity contribution in [1.29, 1.82) is 0 Å². The van der Waals surface area contributed by atoms with E-state index in [0.29, 0.717) is 5.02 Å². The molecule has 14 heavy (non-hydrogen) atoms. The molecule has 0 aromatic carbocycles. The van der Waals surface area contributed by atoms with Crippen molar-refractivity contribution in [2.75, 3.05) is 18.6 Å². The summed E-state index contributed by atoms with van der Waals surface area (Å²) in [5.74, 6) is 0. The Bertz CT molecular complexity index is 322. The molecule has 1 N–H and O–H groups in total. The Hall–Kier alpha value is -0.320. The van der Waals surface area contributed by atoms with Crippen LogP contribution in [0.4, 0.5) is 5.69 Å². The number of hydrogen-bond donors (Lipinski definition) is 1. The number of rotatable bonds is 3. The molecule has 1 rings (SSSR count). The van der Waals surface area contributed by atoms with Crippen LogP contribution in [0.15, 0.2) is 16.9 Å². The van der Waals surface area contributed by atoms with Crippen LogP contribution in [0.5, 0.6) is 0 Å². The van der Waals surface area contributed by atoms with Crippen molar-refractivity contribution in [2.45, 2.75) is 13.0 Å². The fourth-order valence-corrected chi connectivity index (χ4v) is 1.57. The van der Waals surface area contributed by atoms with Gasteiger partial charge in [0, 0.05) is 19.3 Å². The molecule has 0 aliphatic rings. The summed E-state index contributed by atoms with van der Waals surface area (Å²) >= 11 is 9.38. The lowest BCUT2D eigenvalue weighted by Gasteiger charge is -2.26. The smallest absolute Gasteiger partial charge is 0.0813 e. The van der Waals surface area contributed by atoms with Crippen LogP contribution < -0.4 is 4.90 Å². The number of nitrogens with zero attached hydrogens (tertiary/aromatic N) is 2. The number of pyridine rings is 1. The summed E-state index contributed by atoms with van der Waals surface area (Å²) in [7, 11) is 1.87. The van der Waals surface area contributed by atoms with Crippen LogP contribution in [-0.2, 0) is 0 Å². The predicted octanol–water partition coefficient (Wildman–Crippen LogP) is 2.31. The highest BCUT2D eigenvalue weighted by Crippen LogP contribution is 2.31. The molecular weight excluding hydrogens is 267 g/mol. The maximum Gasteiger partial charge on any atom is 0.0813 e. The van der Waals surface area contributed by atoms with Crippen molar-refractivity contribution in [3.63, 3.8) is 0 Å². The van der Waals surface area contributed by atoms with E-state index in [2.05, 4.69) is 20.9 Å². The minimum atomic E-state index is 0.0172. The SMILES string of the molecule is C[C@H](CO)N(C)c1cncc(Br)c1Cl. The van der Waals surface area contributed by atoms with E-state index in [9.17, 15) is 0 Å². The van der Waals surface area contributed by atoms with E-state index in [0.717, 1.165) is 10.2 Å². The van der Waals surface area contributed by atoms with Gasteiger partial charge >= 0.3 is 0 Å². The lowest BCUT2D eigenvalue weighted by Crippen LogP contribution is -2.32. The maximum atomic E-state index is 9.01. The molecule has 0 fully saturated rings. The molecule has 0 aliphatic heterocycles. The summed E-state index contributed by atoms with van der Waals surface area (Å²) < 4.78 is 0.758. The largest absolute Gasteiger partial charge is 0.394 e. The molecule has 1 aromatic rings. The van der Waals surface area contributed by atoms with E-state index >= 15 is 0 Å². The van der Waals surface area contributed by atoms with Crippen LogP contribution in [0.1, 0.15) is 6.92 Å². The van der Waals surface area contributed by atoms with Gasteiger partial charge in [-0.15, -0.1) is 0 Å². The van der Waals surface area contributed by atoms with Crippen LogP contribution in [0.2, 0.25) is 5.02 Å². The minimum Gasteiger partial charge on any atom is -0.394 e. The summed E-state index contributed by atoms with van der Waals surface area (Å²) in [5, 5.41) is 9.62. The highest BCUT2D eigenvalue weighted by molar-refractivity contribution is 9.10. The Labute approximate surface area is 96.8 Å². The molecule has 1 heterocycles. The van der Waals surface area contributed by atoms with E-state index in [1.54, 1.807) is 12.4 Å². The second-order valence-corrected chi connectivity index (χ2v) is 4.33. The molecule has 3 nitrogen and oxygen atoms in total. The van der Waals surface area contributed by atoms with Crippen LogP contribution in [0.25, 0.3) is 0 Å². The van der Waals surface area contributed by atoms with Crippen molar-refractivity contribution >= 4 is 33.2 Å². The van der Waals surface area contributed by atoms with Crippen molar-refractivity contribution in [3.8, 4) is 0 Å². The summed E-state index contributed by atoms with van der Waals surface area (Å²) in [6, 6.07) is 0.0172. The van der Waals surface area contributed by atoms with Gasteiger partial charge in [0.25, 0.3) is 0 Å². The fraction of sp³-hybridized carbons (Fsp3) is 0.444. The molecule has 1 aromatic heterocycles. The predicted molar refractivity (Wildman–Crippen MR) is 61.9 cm³/mol. The van der Waals surface area contributed by atoms with Gasteiger partial charge < -0.3 is 10.0 Å². The van der Waals surface area contributed by atoms with Crippen molar-refractivity contribution in [3.05, 3.63) is 21.9 Å². The number of aliphatic hydroxyl groups excluding tert-OH is 1. The number of halogens is 2. The van der Waals surface area contributed by atoms with Gasteiger partial charge in [-0.2, -0.15) is 0 Å². The molecule has 0 saturated carbocycles. The Morgan fingerprint density at radius 1 is 1.64 bits per heavy atom. The van der Waals surface area contributed by atoms with Gasteiger partial charge in [0.1, 0.15) is 0 Å². The molecule has 0 bridgehead atoms. The average molecular weight is 280 g/mol. The van der Waals surface area contributed by atoms with Gasteiger partial charge in [-0.1, -0.05) is 11.6 Å². The number of aromatic nitrogens is 1. The monoisotopic (exact) mass is 278 g/mol. The zero-order chi connectivity index (χ0) is 10.7. The summed E-state index contributed by atoms with van der Waals surface area (Å²) in [5.41, 5.74) is 0.808. The lowest BCUT2D eigenvalue weighted by atomic mass is 10.3. The Morgan fingerprint density at radius 3 is 2.86 bits per heavy atom. The molecule has 5 heteroatoms. The van der Waals surface area contributed by atoms with Gasteiger partial charge in [-0.25, -0.2) is 0 Å². The van der Waals surface area contributed by atoms with Crippen LogP contribution in [0, 0.1) is 0 Å². The molecular formula is C9H12BrClN2O. The van der Waals surface area contributed by atoms with Crippen molar-refractivity contribution in [1.82, 2.24) is 4.98 Å². The first-order valence-corrected chi connectivity index (χ1v) is 5.37. The Balaban J connectivity index is 3.01. The summed E-state index contributed by atoms with van der Waals surface area (Å²) in [6.45, 7) is 2.00. The van der Waals surface area contributed by atoms with E-state index in [1.807, 2.05) is 18.9 Å². The highest BCUT2D eigenvalue weighted by atomic mass is 79.9. The maximum absolute atomic E-state index is 9.01. The number of aliphatic hydroxyl groups is 1. The Kier molecular flexibility index (Phi) is 4.16. The van der Waals surface area contributed by atoms with Gasteiger partial charge in [0.05, 0.1) is 28.0 Å². The van der Waals surface area contributed by atoms with Crippen LogP contribution >= 0.6 is 27.5 Å². The zero-order valence-electron chi connectivity index (χ0n) is 8.04. The molecule has 78 valence electrons. The molecule has 0 amide bonds. The fourth-order valence-electron chi connectivity index (χ4n) is 1.01. The number of anilines is 1. The highest BCUT2D eigenvalue weighted by Gasteiger charge is 2.13. The molecule has 0 aliphatic carbocycles. The average Bonchev–Trinajstić information content (AvgIpc) is 2.20. The molecule has 0 unspecified atom stereocenters. The molecule has 0 spiro atoms. The Morgan fingerprint density at radius 2 is 2.29 bits per heavy atom. The van der Waals surface area contributed by atoms with Gasteiger partial charge in [-0.3, -0.25) is 4.98 Å². The third-order valence-corrected chi connectivity index (χ3v) is 3.35. The summed E-state index contributed by atoms with van der Waals surface area (Å²) in [4.78, 5) is 5.92. The molecule has 0 saturated heterocycles. The zero-order valence-corrected chi connectivity index (χ0v) is 10.4. The quantitative estimate of drug-likeness (QED) is 0.922. The van der Waals surface area contributed by atoms with Crippen LogP contribution in [0.3, 0.4) is 0 Å². The van der Waals surface area contributed by atoms with E-state index in [4.69, 9.17) is 16.7 Å². The second-order valence-electron chi connectivity index (χ2n) is 3.10. The van der Waals surface area contributed by atoms with Gasteiger partial charge in [0.2, 0.25) is 0 Å². The van der Waals surface area contributed by atoms with E-state index in [1.165, 1.54) is 0 Å². The van der Waals surface area contributed by atoms with Gasteiger partial charge in [0.15, 0.2) is 0 Å². The normalized spacial score (nSPS) is 12.6. The number of likely N-dealkylation sites (N-methyl/N-ethyl adjacent to an activating group) is 1. The lowest BCUT2D eigenvalue weighted by molar-refractivity contribution is 0.270. The first kappa shape index (κ1) is 11.8. The van der Waals surface area contributed by atoms with Crippen LogP contribution in [-0.4, -0.2) is 29.8 Å². The molecule has 1 atom stereocenters. The van der Waals surface area contributed by atoms with Gasteiger partial charge in [-0.05, 0) is 22.9 Å². The topological polar surface area (TPSA) is 36.4 Å². The molecule has 0 radical (unpaired) electrons. The third kappa shape index (κ3) is 2.38. The first-order chi connectivity index (χ1) is 6.57. The summed E-state index contributed by atoms with van der Waals surface area (Å²) in [6.07, 6.45) is 3.32. The third-order valence-electron chi connectivity index (χ3n) is 2.12. The van der Waals surface area contributed by atoms with Crippen molar-refractivity contribution < 1.29 is 5.11 Å². The first-order valence-electron chi connectivity index (χ1n) is 4.20. The number of hydrogen-bond acceptors (Lipinski definition) is 3. The van der Waals surface area contributed by atoms with E-state index < -0.39 is 0 Å². The minimum absolute atomic E-state index is 0.0172. The standard InChI is InChI=1S/C9H12BrClN2O/c1-6(5-14)13(2)8-4-12-3-7(10)9(8)11/h3-4,6,14H,5H2,1-2H3/t6-/m1/s1.